The molecule has 1 amide bonds. The van der Waals surface area contributed by atoms with Gasteiger partial charge in [-0.05, 0) is 23.8 Å². The molecule has 0 fully saturated rings. The molecule has 0 saturated heterocycles. The van der Waals surface area contributed by atoms with Gasteiger partial charge in [-0.15, -0.1) is 21.5 Å². The van der Waals surface area contributed by atoms with Crippen molar-refractivity contribution in [2.45, 2.75) is 17.3 Å². The summed E-state index contributed by atoms with van der Waals surface area (Å²) in [4.78, 5) is 16.7. The first kappa shape index (κ1) is 24.7. The van der Waals surface area contributed by atoms with Crippen LogP contribution >= 0.6 is 46.3 Å². The molecule has 176 valence electrons. The molecule has 4 rings (SSSR count). The zero-order chi connectivity index (χ0) is 23.9. The van der Waals surface area contributed by atoms with E-state index in [9.17, 15) is 4.79 Å². The van der Waals surface area contributed by atoms with Crippen LogP contribution < -0.4 is 5.32 Å². The van der Waals surface area contributed by atoms with Gasteiger partial charge in [-0.25, -0.2) is 4.98 Å². The maximum Gasteiger partial charge on any atom is 0.270 e. The van der Waals surface area contributed by atoms with Crippen molar-refractivity contribution in [3.63, 3.8) is 0 Å². The maximum absolute atomic E-state index is 12.2. The van der Waals surface area contributed by atoms with Crippen LogP contribution in [0, 0.1) is 0 Å². The molecule has 34 heavy (non-hydrogen) atoms. The van der Waals surface area contributed by atoms with Gasteiger partial charge in [-0.1, -0.05) is 65.3 Å². The Balaban J connectivity index is 1.55. The van der Waals surface area contributed by atoms with Crippen LogP contribution in [-0.2, 0) is 16.9 Å². The number of nitrogens with one attached hydrogen (secondary N) is 1. The van der Waals surface area contributed by atoms with E-state index in [2.05, 4.69) is 32.6 Å². The molecular weight excluding hydrogens is 513 g/mol. The van der Waals surface area contributed by atoms with E-state index in [1.165, 1.54) is 23.1 Å². The predicted molar refractivity (Wildman–Crippen MR) is 137 cm³/mol. The van der Waals surface area contributed by atoms with E-state index in [0.29, 0.717) is 46.2 Å². The van der Waals surface area contributed by atoms with Crippen LogP contribution in [0.2, 0.25) is 10.0 Å². The number of amides is 1. The molecule has 1 N–H and O–H groups in total. The SMILES string of the molecule is COCCNC(=O)c1csc(CSc2nnc(Cc3ccccc3)n2-c2ccc(Cl)c(Cl)c2)n1. The van der Waals surface area contributed by atoms with E-state index in [1.807, 2.05) is 28.8 Å². The van der Waals surface area contributed by atoms with Crippen molar-refractivity contribution in [2.75, 3.05) is 20.3 Å². The van der Waals surface area contributed by atoms with Crippen molar-refractivity contribution >= 4 is 52.2 Å². The van der Waals surface area contributed by atoms with Crippen LogP contribution in [0.5, 0.6) is 0 Å². The van der Waals surface area contributed by atoms with Crippen molar-refractivity contribution < 1.29 is 9.53 Å². The standard InChI is InChI=1S/C23H21Cl2N5O2S2/c1-32-10-9-26-22(31)19-13-33-21(27-19)14-34-23-29-28-20(11-15-5-3-2-4-6-15)30(23)16-7-8-17(24)18(25)12-16/h2-8,12-13H,9-11,14H2,1H3,(H,26,31). The van der Waals surface area contributed by atoms with Gasteiger partial charge < -0.3 is 10.1 Å². The number of carbonyl (C=O) groups excluding carboxylic acids is 1. The first-order chi connectivity index (χ1) is 16.5. The lowest BCUT2D eigenvalue weighted by Gasteiger charge is -2.11. The van der Waals surface area contributed by atoms with E-state index in [4.69, 9.17) is 27.9 Å². The van der Waals surface area contributed by atoms with Crippen LogP contribution in [0.25, 0.3) is 5.69 Å². The summed E-state index contributed by atoms with van der Waals surface area (Å²) in [6, 6.07) is 15.5. The van der Waals surface area contributed by atoms with E-state index >= 15 is 0 Å². The Hall–Kier alpha value is -2.43. The van der Waals surface area contributed by atoms with Crippen molar-refractivity contribution in [2.24, 2.45) is 0 Å². The van der Waals surface area contributed by atoms with Crippen LogP contribution in [0.15, 0.2) is 59.1 Å². The lowest BCUT2D eigenvalue weighted by molar-refractivity contribution is 0.0932. The topological polar surface area (TPSA) is 81.9 Å². The van der Waals surface area contributed by atoms with E-state index in [1.54, 1.807) is 24.6 Å². The molecule has 0 aliphatic heterocycles. The zero-order valence-electron chi connectivity index (χ0n) is 18.2. The van der Waals surface area contributed by atoms with Gasteiger partial charge in [-0.3, -0.25) is 9.36 Å². The van der Waals surface area contributed by atoms with Gasteiger partial charge in [-0.2, -0.15) is 0 Å². The van der Waals surface area contributed by atoms with E-state index < -0.39 is 0 Å². The summed E-state index contributed by atoms with van der Waals surface area (Å²) in [5.74, 6) is 1.11. The van der Waals surface area contributed by atoms with Crippen molar-refractivity contribution in [3.05, 3.63) is 86.0 Å². The number of carbonyl (C=O) groups is 1. The average Bonchev–Trinajstić information content (AvgIpc) is 3.47. The fourth-order valence-electron chi connectivity index (χ4n) is 3.14. The Kier molecular flexibility index (Phi) is 8.58. The van der Waals surface area contributed by atoms with Gasteiger partial charge in [0.2, 0.25) is 0 Å². The number of halogens is 2. The number of thiazole rings is 1. The number of hydrogen-bond donors (Lipinski definition) is 1. The highest BCUT2D eigenvalue weighted by molar-refractivity contribution is 7.98. The van der Waals surface area contributed by atoms with E-state index in [0.717, 1.165) is 22.1 Å². The number of aromatic nitrogens is 4. The van der Waals surface area contributed by atoms with Crippen molar-refractivity contribution in [1.82, 2.24) is 25.1 Å². The second kappa shape index (κ2) is 11.8. The van der Waals surface area contributed by atoms with Crippen LogP contribution in [0.4, 0.5) is 0 Å². The zero-order valence-corrected chi connectivity index (χ0v) is 21.3. The number of ether oxygens (including phenoxy) is 1. The highest BCUT2D eigenvalue weighted by Gasteiger charge is 2.17. The highest BCUT2D eigenvalue weighted by atomic mass is 35.5. The van der Waals surface area contributed by atoms with Gasteiger partial charge in [0.1, 0.15) is 16.5 Å². The Morgan fingerprint density at radius 3 is 2.74 bits per heavy atom. The Labute approximate surface area is 215 Å². The molecule has 0 atom stereocenters. The fraction of sp³-hybridized carbons (Fsp3) is 0.217. The Morgan fingerprint density at radius 1 is 1.15 bits per heavy atom. The third kappa shape index (κ3) is 6.17. The largest absolute Gasteiger partial charge is 0.383 e. The molecule has 4 aromatic rings. The summed E-state index contributed by atoms with van der Waals surface area (Å²) >= 11 is 15.4. The Bertz CT molecular complexity index is 1260. The molecule has 0 spiro atoms. The van der Waals surface area contributed by atoms with Gasteiger partial charge in [0.15, 0.2) is 5.16 Å². The summed E-state index contributed by atoms with van der Waals surface area (Å²) in [7, 11) is 1.59. The summed E-state index contributed by atoms with van der Waals surface area (Å²) in [6.45, 7) is 0.891. The summed E-state index contributed by atoms with van der Waals surface area (Å²) < 4.78 is 6.93. The lowest BCUT2D eigenvalue weighted by Crippen LogP contribution is -2.27. The predicted octanol–water partition coefficient (Wildman–Crippen LogP) is 5.29. The molecule has 2 heterocycles. The number of methoxy groups -OCH3 is 1. The third-order valence-electron chi connectivity index (χ3n) is 4.77. The smallest absolute Gasteiger partial charge is 0.270 e. The maximum atomic E-state index is 12.2. The molecule has 2 aromatic carbocycles. The summed E-state index contributed by atoms with van der Waals surface area (Å²) in [5, 5.41) is 15.9. The molecule has 2 aromatic heterocycles. The van der Waals surface area contributed by atoms with Crippen LogP contribution in [-0.4, -0.2) is 45.9 Å². The highest BCUT2D eigenvalue weighted by Crippen LogP contribution is 2.30. The van der Waals surface area contributed by atoms with Gasteiger partial charge in [0, 0.05) is 25.5 Å². The van der Waals surface area contributed by atoms with Gasteiger partial charge >= 0.3 is 0 Å². The average molecular weight is 534 g/mol. The monoisotopic (exact) mass is 533 g/mol. The van der Waals surface area contributed by atoms with Crippen LogP contribution in [0.1, 0.15) is 26.9 Å². The minimum Gasteiger partial charge on any atom is -0.383 e. The molecule has 0 saturated carbocycles. The number of nitrogens with zero attached hydrogens (tertiary/aromatic N) is 4. The summed E-state index contributed by atoms with van der Waals surface area (Å²) in [6.07, 6.45) is 0.609. The Morgan fingerprint density at radius 2 is 1.97 bits per heavy atom. The first-order valence-electron chi connectivity index (χ1n) is 10.3. The lowest BCUT2D eigenvalue weighted by atomic mass is 10.1. The number of hydrogen-bond acceptors (Lipinski definition) is 7. The second-order valence-corrected chi connectivity index (χ2v) is 9.86. The van der Waals surface area contributed by atoms with Crippen molar-refractivity contribution in [1.29, 1.82) is 0 Å². The third-order valence-corrected chi connectivity index (χ3v) is 7.48. The van der Waals surface area contributed by atoms with Crippen LogP contribution in [0.3, 0.4) is 0 Å². The summed E-state index contributed by atoms with van der Waals surface area (Å²) in [5.41, 5.74) is 2.34. The fourth-order valence-corrected chi connectivity index (χ4v) is 5.19. The van der Waals surface area contributed by atoms with E-state index in [-0.39, 0.29) is 5.91 Å². The molecule has 0 bridgehead atoms. The van der Waals surface area contributed by atoms with Gasteiger partial charge in [0.25, 0.3) is 5.91 Å². The first-order valence-corrected chi connectivity index (χ1v) is 12.9. The quantitative estimate of drug-likeness (QED) is 0.220. The molecule has 7 nitrogen and oxygen atoms in total. The minimum absolute atomic E-state index is 0.214. The molecule has 0 unspecified atom stereocenters. The number of thioether (sulfide) groups is 1. The molecule has 0 aliphatic rings. The normalized spacial score (nSPS) is 11.0. The molecule has 0 radical (unpaired) electrons. The van der Waals surface area contributed by atoms with Crippen molar-refractivity contribution in [3.8, 4) is 5.69 Å². The molecular formula is C23H21Cl2N5O2S2. The number of rotatable bonds is 10. The minimum atomic E-state index is -0.214. The molecule has 11 heteroatoms. The number of benzene rings is 2. The molecule has 0 aliphatic carbocycles. The second-order valence-electron chi connectivity index (χ2n) is 7.16. The van der Waals surface area contributed by atoms with Gasteiger partial charge in [0.05, 0.1) is 28.1 Å².